The van der Waals surface area contributed by atoms with Crippen LogP contribution < -0.4 is 0 Å². The lowest BCUT2D eigenvalue weighted by atomic mass is 9.45. The molecule has 0 spiro atoms. The number of carbonyl (C=O) groups excluding carboxylic acids is 3. The normalized spacial score (nSPS) is 44.6. The summed E-state index contributed by atoms with van der Waals surface area (Å²) in [5.74, 6) is 1.59. The van der Waals surface area contributed by atoms with Gasteiger partial charge in [-0.2, -0.15) is 0 Å². The van der Waals surface area contributed by atoms with Crippen molar-refractivity contribution in [3.8, 4) is 0 Å². The van der Waals surface area contributed by atoms with Crippen LogP contribution in [0, 0.1) is 34.5 Å². The van der Waals surface area contributed by atoms with Crippen LogP contribution in [0.1, 0.15) is 72.6 Å². The third-order valence-electron chi connectivity index (χ3n) is 8.58. The second-order valence-electron chi connectivity index (χ2n) is 10.0. The molecule has 154 valence electrons. The van der Waals surface area contributed by atoms with Gasteiger partial charge in [0.25, 0.3) is 0 Å². The molecule has 0 bridgehead atoms. The molecular formula is C23H32O5. The molecule has 3 saturated carbocycles. The average Bonchev–Trinajstić information content (AvgIpc) is 2.92. The maximum atomic E-state index is 13.3. The molecule has 0 aromatic rings. The predicted molar refractivity (Wildman–Crippen MR) is 103 cm³/mol. The highest BCUT2D eigenvalue weighted by atomic mass is 16.5. The first kappa shape index (κ1) is 19.7. The van der Waals surface area contributed by atoms with Crippen LogP contribution in [0.5, 0.6) is 0 Å². The zero-order valence-electron chi connectivity index (χ0n) is 17.5. The summed E-state index contributed by atoms with van der Waals surface area (Å²) in [6.45, 7) is 7.48. The molecule has 0 amide bonds. The van der Waals surface area contributed by atoms with Gasteiger partial charge in [-0.3, -0.25) is 14.4 Å². The third-order valence-corrected chi connectivity index (χ3v) is 8.58. The molecule has 0 saturated heterocycles. The van der Waals surface area contributed by atoms with Gasteiger partial charge in [-0.15, -0.1) is 0 Å². The Bertz CT molecular complexity index is 739. The van der Waals surface area contributed by atoms with Crippen LogP contribution in [-0.2, 0) is 23.9 Å². The Morgan fingerprint density at radius 3 is 2.39 bits per heavy atom. The number of hydrogen-bond donors (Lipinski definition) is 0. The minimum atomic E-state index is -0.286. The first-order valence-corrected chi connectivity index (χ1v) is 10.7. The van der Waals surface area contributed by atoms with E-state index in [0.717, 1.165) is 37.9 Å². The summed E-state index contributed by atoms with van der Waals surface area (Å²) in [5, 5.41) is 0. The van der Waals surface area contributed by atoms with Gasteiger partial charge in [0.05, 0.1) is 0 Å². The molecule has 0 heterocycles. The number of ether oxygens (including phenoxy) is 2. The van der Waals surface area contributed by atoms with Crippen molar-refractivity contribution in [3.63, 3.8) is 0 Å². The Balaban J connectivity index is 1.61. The van der Waals surface area contributed by atoms with Gasteiger partial charge in [0, 0.05) is 38.0 Å². The summed E-state index contributed by atoms with van der Waals surface area (Å²) >= 11 is 0. The van der Waals surface area contributed by atoms with Crippen LogP contribution in [-0.4, -0.2) is 23.8 Å². The van der Waals surface area contributed by atoms with Gasteiger partial charge in [-0.1, -0.05) is 13.8 Å². The van der Waals surface area contributed by atoms with Crippen molar-refractivity contribution in [1.29, 1.82) is 0 Å². The highest BCUT2D eigenvalue weighted by Gasteiger charge is 2.63. The Hall–Kier alpha value is -1.65. The molecule has 3 fully saturated rings. The average molecular weight is 389 g/mol. The molecule has 4 aliphatic rings. The fourth-order valence-electron chi connectivity index (χ4n) is 7.14. The highest BCUT2D eigenvalue weighted by molar-refractivity contribution is 5.83. The van der Waals surface area contributed by atoms with Crippen molar-refractivity contribution in [2.45, 2.75) is 78.7 Å². The van der Waals surface area contributed by atoms with Gasteiger partial charge in [0.15, 0.2) is 0 Å². The summed E-state index contributed by atoms with van der Waals surface area (Å²) < 4.78 is 11.0. The molecule has 0 aromatic carbocycles. The molecule has 4 aliphatic carbocycles. The standard InChI is InChI=1S/C23H32O5/c1-13(24)27-16-7-9-22(3)15(11-16)12-19(26)21-17-5-6-20(28-14(2)25)23(17,4)10-8-18(21)22/h7,15,17-18,20-21H,5-6,8-12H2,1-4H3/t15?,17-,18-,20-,21-,22-,23-/m0/s1. The van der Waals surface area contributed by atoms with E-state index in [1.54, 1.807) is 0 Å². The molecule has 28 heavy (non-hydrogen) atoms. The van der Waals surface area contributed by atoms with E-state index in [1.807, 2.05) is 0 Å². The van der Waals surface area contributed by atoms with Gasteiger partial charge in [0.2, 0.25) is 0 Å². The second-order valence-corrected chi connectivity index (χ2v) is 10.0. The van der Waals surface area contributed by atoms with Gasteiger partial charge in [-0.05, 0) is 61.3 Å². The van der Waals surface area contributed by atoms with Crippen LogP contribution in [0.15, 0.2) is 11.8 Å². The smallest absolute Gasteiger partial charge is 0.307 e. The van der Waals surface area contributed by atoms with E-state index in [2.05, 4.69) is 19.9 Å². The summed E-state index contributed by atoms with van der Waals surface area (Å²) in [6, 6.07) is 0. The van der Waals surface area contributed by atoms with Gasteiger partial charge in [-0.25, -0.2) is 0 Å². The number of ketones is 1. The number of rotatable bonds is 2. The number of hydrogen-bond acceptors (Lipinski definition) is 5. The minimum Gasteiger partial charge on any atom is -0.462 e. The monoisotopic (exact) mass is 388 g/mol. The largest absolute Gasteiger partial charge is 0.462 e. The molecule has 0 radical (unpaired) electrons. The van der Waals surface area contributed by atoms with Gasteiger partial charge < -0.3 is 9.47 Å². The van der Waals surface area contributed by atoms with Crippen molar-refractivity contribution in [3.05, 3.63) is 11.8 Å². The minimum absolute atomic E-state index is 0.0592. The molecule has 0 N–H and O–H groups in total. The van der Waals surface area contributed by atoms with Gasteiger partial charge in [0.1, 0.15) is 17.6 Å². The molecule has 4 rings (SSSR count). The van der Waals surface area contributed by atoms with E-state index in [0.29, 0.717) is 30.5 Å². The zero-order chi connectivity index (χ0) is 20.3. The number of Topliss-reactive ketones (excluding diaryl/α,β-unsaturated/α-hetero) is 1. The van der Waals surface area contributed by atoms with Crippen LogP contribution in [0.3, 0.4) is 0 Å². The molecule has 5 heteroatoms. The van der Waals surface area contributed by atoms with Crippen molar-refractivity contribution in [1.82, 2.24) is 0 Å². The quantitative estimate of drug-likeness (QED) is 0.663. The molecule has 1 unspecified atom stereocenters. The summed E-state index contributed by atoms with van der Waals surface area (Å²) in [4.78, 5) is 36.3. The third kappa shape index (κ3) is 2.93. The predicted octanol–water partition coefficient (Wildman–Crippen LogP) is 4.20. The van der Waals surface area contributed by atoms with Crippen LogP contribution in [0.4, 0.5) is 0 Å². The fraction of sp³-hybridized carbons (Fsp3) is 0.783. The zero-order valence-corrected chi connectivity index (χ0v) is 17.5. The van der Waals surface area contributed by atoms with E-state index in [-0.39, 0.29) is 40.7 Å². The Morgan fingerprint density at radius 1 is 1.00 bits per heavy atom. The summed E-state index contributed by atoms with van der Waals surface area (Å²) in [6.07, 6.45) is 7.99. The highest BCUT2D eigenvalue weighted by Crippen LogP contribution is 2.65. The van der Waals surface area contributed by atoms with E-state index in [4.69, 9.17) is 9.47 Å². The lowest BCUT2D eigenvalue weighted by molar-refractivity contribution is -0.165. The lowest BCUT2D eigenvalue weighted by Crippen LogP contribution is -2.56. The van der Waals surface area contributed by atoms with E-state index in [1.165, 1.54) is 13.8 Å². The summed E-state index contributed by atoms with van der Waals surface area (Å²) in [7, 11) is 0. The van der Waals surface area contributed by atoms with Crippen molar-refractivity contribution in [2.75, 3.05) is 0 Å². The Kier molecular flexibility index (Phi) is 4.71. The Morgan fingerprint density at radius 2 is 1.71 bits per heavy atom. The number of esters is 2. The van der Waals surface area contributed by atoms with Crippen LogP contribution in [0.2, 0.25) is 0 Å². The summed E-state index contributed by atoms with van der Waals surface area (Å²) in [5.41, 5.74) is -0.0117. The maximum absolute atomic E-state index is 13.3. The van der Waals surface area contributed by atoms with E-state index >= 15 is 0 Å². The lowest BCUT2D eigenvalue weighted by Gasteiger charge is -2.58. The van der Waals surface area contributed by atoms with Gasteiger partial charge >= 0.3 is 11.9 Å². The number of carbonyl (C=O) groups is 3. The maximum Gasteiger partial charge on any atom is 0.307 e. The number of allylic oxidation sites excluding steroid dienone is 2. The topological polar surface area (TPSA) is 69.7 Å². The Labute approximate surface area is 167 Å². The molecular weight excluding hydrogens is 356 g/mol. The second kappa shape index (κ2) is 6.70. The van der Waals surface area contributed by atoms with E-state index in [9.17, 15) is 14.4 Å². The first-order valence-electron chi connectivity index (χ1n) is 10.7. The van der Waals surface area contributed by atoms with Crippen molar-refractivity contribution >= 4 is 17.7 Å². The van der Waals surface area contributed by atoms with Crippen LogP contribution >= 0.6 is 0 Å². The van der Waals surface area contributed by atoms with Crippen molar-refractivity contribution < 1.29 is 23.9 Å². The SMILES string of the molecule is CC(=O)OC1=CC[C@@]2(C)C(CC(=O)[C@H]3[C@@H]4CC[C@H](OC(C)=O)[C@@]4(C)CC[C@@H]32)C1. The molecule has 0 aliphatic heterocycles. The first-order chi connectivity index (χ1) is 13.1. The molecule has 5 nitrogen and oxygen atoms in total. The fourth-order valence-corrected chi connectivity index (χ4v) is 7.14. The van der Waals surface area contributed by atoms with E-state index < -0.39 is 0 Å². The molecule has 0 aromatic heterocycles. The molecule has 7 atom stereocenters. The van der Waals surface area contributed by atoms with Crippen LogP contribution in [0.25, 0.3) is 0 Å². The number of fused-ring (bicyclic) bond motifs is 5. The van der Waals surface area contributed by atoms with Crippen molar-refractivity contribution in [2.24, 2.45) is 34.5 Å².